The number of ether oxygens (including phenoxy) is 1. The molecule has 0 saturated carbocycles. The summed E-state index contributed by atoms with van der Waals surface area (Å²) in [6.45, 7) is 14.1. The molecule has 0 spiro atoms. The van der Waals surface area contributed by atoms with Crippen molar-refractivity contribution in [3.05, 3.63) is 0 Å². The highest BCUT2D eigenvalue weighted by atomic mass is 16.5. The van der Waals surface area contributed by atoms with Crippen LogP contribution < -0.4 is 5.32 Å². The van der Waals surface area contributed by atoms with E-state index >= 15 is 0 Å². The summed E-state index contributed by atoms with van der Waals surface area (Å²) >= 11 is 0. The summed E-state index contributed by atoms with van der Waals surface area (Å²) < 4.78 is 5.92. The van der Waals surface area contributed by atoms with Crippen LogP contribution in [0.3, 0.4) is 0 Å². The van der Waals surface area contributed by atoms with E-state index in [1.807, 2.05) is 0 Å². The maximum atomic E-state index is 5.92. The van der Waals surface area contributed by atoms with E-state index in [2.05, 4.69) is 39.9 Å². The molecule has 0 aromatic rings. The number of rotatable bonds is 0. The van der Waals surface area contributed by atoms with E-state index in [9.17, 15) is 0 Å². The fraction of sp³-hybridized carbons (Fsp3) is 1.00. The van der Waals surface area contributed by atoms with Gasteiger partial charge in [-0.1, -0.05) is 34.6 Å². The molecule has 1 aliphatic heterocycles. The van der Waals surface area contributed by atoms with Crippen molar-refractivity contribution in [1.29, 1.82) is 0 Å². The monoisotopic (exact) mass is 185 g/mol. The van der Waals surface area contributed by atoms with Crippen molar-refractivity contribution >= 4 is 0 Å². The van der Waals surface area contributed by atoms with Crippen molar-refractivity contribution in [3.63, 3.8) is 0 Å². The molecule has 0 aliphatic carbocycles. The van der Waals surface area contributed by atoms with Crippen molar-refractivity contribution in [2.24, 2.45) is 10.8 Å². The highest BCUT2D eigenvalue weighted by molar-refractivity contribution is 4.83. The molecule has 0 aromatic heterocycles. The molecule has 2 nitrogen and oxygen atoms in total. The third kappa shape index (κ3) is 3.28. The first kappa shape index (κ1) is 11.0. The first-order valence-corrected chi connectivity index (χ1v) is 5.14. The van der Waals surface area contributed by atoms with Crippen molar-refractivity contribution < 1.29 is 4.74 Å². The molecule has 1 aliphatic rings. The lowest BCUT2D eigenvalue weighted by Gasteiger charge is -2.30. The molecule has 0 aromatic carbocycles. The Morgan fingerprint density at radius 2 is 1.92 bits per heavy atom. The summed E-state index contributed by atoms with van der Waals surface area (Å²) in [6, 6.07) is 0. The van der Waals surface area contributed by atoms with E-state index in [0.717, 1.165) is 19.7 Å². The normalized spacial score (nSPS) is 29.8. The molecule has 0 bridgehead atoms. The van der Waals surface area contributed by atoms with Gasteiger partial charge in [0, 0.05) is 18.5 Å². The fourth-order valence-corrected chi connectivity index (χ4v) is 1.53. The minimum absolute atomic E-state index is 0.243. The third-order valence-corrected chi connectivity index (χ3v) is 2.57. The third-order valence-electron chi connectivity index (χ3n) is 2.57. The van der Waals surface area contributed by atoms with Crippen LogP contribution in [-0.4, -0.2) is 25.8 Å². The molecule has 1 N–H and O–H groups in total. The second-order valence-corrected chi connectivity index (χ2v) is 5.96. The smallest absolute Gasteiger partial charge is 0.0747 e. The van der Waals surface area contributed by atoms with Gasteiger partial charge in [0.25, 0.3) is 0 Å². The maximum absolute atomic E-state index is 5.92. The Morgan fingerprint density at radius 3 is 2.46 bits per heavy atom. The van der Waals surface area contributed by atoms with E-state index in [1.165, 1.54) is 0 Å². The van der Waals surface area contributed by atoms with Gasteiger partial charge in [-0.2, -0.15) is 0 Å². The zero-order chi connectivity index (χ0) is 10.1. The summed E-state index contributed by atoms with van der Waals surface area (Å²) in [4.78, 5) is 0. The van der Waals surface area contributed by atoms with Crippen LogP contribution in [0.25, 0.3) is 0 Å². The molecule has 1 saturated heterocycles. The van der Waals surface area contributed by atoms with E-state index in [4.69, 9.17) is 4.74 Å². The Morgan fingerprint density at radius 1 is 1.31 bits per heavy atom. The molecule has 1 atom stereocenters. The summed E-state index contributed by atoms with van der Waals surface area (Å²) in [7, 11) is 0. The van der Waals surface area contributed by atoms with Gasteiger partial charge >= 0.3 is 0 Å². The molecule has 13 heavy (non-hydrogen) atoms. The van der Waals surface area contributed by atoms with E-state index in [1.54, 1.807) is 0 Å². The van der Waals surface area contributed by atoms with Crippen LogP contribution in [-0.2, 0) is 4.74 Å². The van der Waals surface area contributed by atoms with Gasteiger partial charge in [0.15, 0.2) is 0 Å². The molecule has 0 radical (unpaired) electrons. The van der Waals surface area contributed by atoms with Crippen molar-refractivity contribution in [2.45, 2.75) is 40.7 Å². The largest absolute Gasteiger partial charge is 0.376 e. The Labute approximate surface area is 82.0 Å². The molecule has 1 rings (SSSR count). The minimum atomic E-state index is 0.243. The van der Waals surface area contributed by atoms with Gasteiger partial charge in [0.05, 0.1) is 12.7 Å². The first-order valence-electron chi connectivity index (χ1n) is 5.14. The van der Waals surface area contributed by atoms with E-state index in [0.29, 0.717) is 6.10 Å². The van der Waals surface area contributed by atoms with Crippen LogP contribution in [0.15, 0.2) is 0 Å². The SMILES string of the molecule is CC1(C)CNCC(C(C)(C)C)OC1. The fourth-order valence-electron chi connectivity index (χ4n) is 1.53. The summed E-state index contributed by atoms with van der Waals surface area (Å²) in [5.74, 6) is 0. The average Bonchev–Trinajstić information content (AvgIpc) is 2.08. The van der Waals surface area contributed by atoms with Crippen LogP contribution in [0, 0.1) is 10.8 Å². The Balaban J connectivity index is 2.55. The molecule has 78 valence electrons. The summed E-state index contributed by atoms with van der Waals surface area (Å²) in [6.07, 6.45) is 0.342. The topological polar surface area (TPSA) is 21.3 Å². The second-order valence-electron chi connectivity index (χ2n) is 5.96. The van der Waals surface area contributed by atoms with Crippen LogP contribution in [0.2, 0.25) is 0 Å². The van der Waals surface area contributed by atoms with Crippen LogP contribution in [0.5, 0.6) is 0 Å². The molecule has 1 unspecified atom stereocenters. The number of hydrogen-bond acceptors (Lipinski definition) is 2. The van der Waals surface area contributed by atoms with E-state index < -0.39 is 0 Å². The molecule has 1 fully saturated rings. The van der Waals surface area contributed by atoms with Gasteiger partial charge < -0.3 is 10.1 Å². The predicted octanol–water partition coefficient (Wildman–Crippen LogP) is 2.05. The van der Waals surface area contributed by atoms with Gasteiger partial charge in [-0.3, -0.25) is 0 Å². The van der Waals surface area contributed by atoms with Crippen molar-refractivity contribution in [3.8, 4) is 0 Å². The lowest BCUT2D eigenvalue weighted by molar-refractivity contribution is -0.0303. The van der Waals surface area contributed by atoms with Gasteiger partial charge in [-0.25, -0.2) is 0 Å². The summed E-state index contributed by atoms with van der Waals surface area (Å²) in [5.41, 5.74) is 0.521. The van der Waals surface area contributed by atoms with Crippen molar-refractivity contribution in [1.82, 2.24) is 5.32 Å². The Bertz CT molecular complexity index is 169. The van der Waals surface area contributed by atoms with Gasteiger partial charge in [-0.05, 0) is 5.41 Å². The first-order chi connectivity index (χ1) is 5.81. The molecular weight excluding hydrogens is 162 g/mol. The van der Waals surface area contributed by atoms with E-state index in [-0.39, 0.29) is 10.8 Å². The molecule has 0 amide bonds. The second kappa shape index (κ2) is 3.58. The number of nitrogens with one attached hydrogen (secondary N) is 1. The lowest BCUT2D eigenvalue weighted by Crippen LogP contribution is -2.36. The predicted molar refractivity (Wildman–Crippen MR) is 55.8 cm³/mol. The van der Waals surface area contributed by atoms with Crippen LogP contribution in [0.4, 0.5) is 0 Å². The number of hydrogen-bond donors (Lipinski definition) is 1. The van der Waals surface area contributed by atoms with Crippen molar-refractivity contribution in [2.75, 3.05) is 19.7 Å². The average molecular weight is 185 g/mol. The van der Waals surface area contributed by atoms with Gasteiger partial charge in [0.2, 0.25) is 0 Å². The highest BCUT2D eigenvalue weighted by Crippen LogP contribution is 2.26. The zero-order valence-corrected chi connectivity index (χ0v) is 9.61. The Kier molecular flexibility index (Phi) is 3.03. The quantitative estimate of drug-likeness (QED) is 0.623. The molecule has 2 heteroatoms. The standard InChI is InChI=1S/C11H23NO/c1-10(2,3)9-6-12-7-11(4,5)8-13-9/h9,12H,6-8H2,1-5H3. The molecule has 1 heterocycles. The summed E-state index contributed by atoms with van der Waals surface area (Å²) in [5, 5.41) is 3.47. The maximum Gasteiger partial charge on any atom is 0.0747 e. The van der Waals surface area contributed by atoms with Crippen LogP contribution in [0.1, 0.15) is 34.6 Å². The minimum Gasteiger partial charge on any atom is -0.376 e. The molecular formula is C11H23NO. The van der Waals surface area contributed by atoms with Gasteiger partial charge in [-0.15, -0.1) is 0 Å². The van der Waals surface area contributed by atoms with Crippen LogP contribution >= 0.6 is 0 Å². The van der Waals surface area contributed by atoms with Gasteiger partial charge in [0.1, 0.15) is 0 Å². The zero-order valence-electron chi connectivity index (χ0n) is 9.61. The highest BCUT2D eigenvalue weighted by Gasteiger charge is 2.31. The lowest BCUT2D eigenvalue weighted by atomic mass is 9.89. The Hall–Kier alpha value is -0.0800.